The molecule has 2 saturated carbocycles. The van der Waals surface area contributed by atoms with Gasteiger partial charge in [-0.2, -0.15) is 0 Å². The Kier molecular flexibility index (Phi) is 5.10. The Bertz CT molecular complexity index is 607. The first kappa shape index (κ1) is 18.9. The molecule has 2 rings (SSSR count). The highest BCUT2D eigenvalue weighted by Gasteiger charge is 2.57. The number of carbonyl (C=O) groups is 2. The average Bonchev–Trinajstić information content (AvgIpc) is 2.48. The van der Waals surface area contributed by atoms with Gasteiger partial charge in [0.2, 0.25) is 0 Å². The first-order valence-corrected chi connectivity index (χ1v) is 8.78. The largest absolute Gasteiger partial charge is 0.456 e. The van der Waals surface area contributed by atoms with E-state index >= 15 is 0 Å². The number of carbonyl (C=O) groups excluding carboxylic acids is 2. The minimum Gasteiger partial charge on any atom is -0.456 e. The fourth-order valence-electron chi connectivity index (χ4n) is 4.31. The third kappa shape index (κ3) is 3.21. The van der Waals surface area contributed by atoms with Crippen molar-refractivity contribution in [1.29, 1.82) is 0 Å². The molecule has 134 valence electrons. The summed E-state index contributed by atoms with van der Waals surface area (Å²) < 4.78 is 5.62. The summed E-state index contributed by atoms with van der Waals surface area (Å²) in [7, 11) is 0. The van der Waals surface area contributed by atoms with Gasteiger partial charge >= 0.3 is 5.97 Å². The van der Waals surface area contributed by atoms with Crippen molar-refractivity contribution in [3.63, 3.8) is 0 Å². The van der Waals surface area contributed by atoms with Crippen molar-refractivity contribution in [2.45, 2.75) is 78.9 Å². The first-order valence-electron chi connectivity index (χ1n) is 8.78. The minimum absolute atomic E-state index is 0.0925. The number of ketones is 1. The summed E-state index contributed by atoms with van der Waals surface area (Å²) in [5.74, 6) is -0.268. The van der Waals surface area contributed by atoms with Crippen LogP contribution in [0.3, 0.4) is 0 Å². The lowest BCUT2D eigenvalue weighted by Gasteiger charge is -2.55. The molecule has 0 aromatic heterocycles. The predicted molar refractivity (Wildman–Crippen MR) is 93.4 cm³/mol. The van der Waals surface area contributed by atoms with E-state index in [0.717, 1.165) is 17.6 Å². The van der Waals surface area contributed by atoms with Crippen LogP contribution in [0.1, 0.15) is 67.2 Å². The molecular weight excluding hydrogens is 304 g/mol. The van der Waals surface area contributed by atoms with Crippen molar-refractivity contribution in [2.24, 2.45) is 11.3 Å². The van der Waals surface area contributed by atoms with E-state index in [9.17, 15) is 14.7 Å². The van der Waals surface area contributed by atoms with E-state index < -0.39 is 11.7 Å². The summed E-state index contributed by atoms with van der Waals surface area (Å²) in [5.41, 5.74) is 1.01. The van der Waals surface area contributed by atoms with Crippen molar-refractivity contribution in [2.75, 3.05) is 0 Å². The second-order valence-electron chi connectivity index (χ2n) is 8.12. The van der Waals surface area contributed by atoms with Crippen LogP contribution in [0.15, 0.2) is 22.8 Å². The first-order chi connectivity index (χ1) is 11.0. The molecule has 0 bridgehead atoms. The number of fused-ring (bicyclic) bond motifs is 1. The highest BCUT2D eigenvalue weighted by molar-refractivity contribution is 5.97. The molecule has 2 aliphatic rings. The molecule has 4 nitrogen and oxygen atoms in total. The van der Waals surface area contributed by atoms with Gasteiger partial charge in [0, 0.05) is 17.9 Å². The molecule has 2 fully saturated rings. The Labute approximate surface area is 145 Å². The van der Waals surface area contributed by atoms with Gasteiger partial charge in [-0.05, 0) is 64.9 Å². The van der Waals surface area contributed by atoms with Gasteiger partial charge in [-0.1, -0.05) is 18.6 Å². The van der Waals surface area contributed by atoms with Crippen LogP contribution in [0.2, 0.25) is 0 Å². The summed E-state index contributed by atoms with van der Waals surface area (Å²) >= 11 is 0. The fourth-order valence-corrected chi connectivity index (χ4v) is 4.31. The van der Waals surface area contributed by atoms with Gasteiger partial charge in [0.15, 0.2) is 5.78 Å². The number of hydrogen-bond acceptors (Lipinski definition) is 4. The number of hydrogen-bond donors (Lipinski definition) is 1. The molecular formula is C20H30O4. The molecule has 0 unspecified atom stereocenters. The summed E-state index contributed by atoms with van der Waals surface area (Å²) in [6.07, 6.45) is 3.56. The van der Waals surface area contributed by atoms with Gasteiger partial charge in [-0.15, -0.1) is 0 Å². The predicted octanol–water partition coefficient (Wildman–Crippen LogP) is 3.73. The van der Waals surface area contributed by atoms with E-state index in [-0.39, 0.29) is 23.1 Å². The van der Waals surface area contributed by atoms with E-state index in [1.807, 2.05) is 13.8 Å². The van der Waals surface area contributed by atoms with Gasteiger partial charge in [0.1, 0.15) is 11.7 Å². The van der Waals surface area contributed by atoms with Gasteiger partial charge in [-0.25, -0.2) is 4.79 Å². The summed E-state index contributed by atoms with van der Waals surface area (Å²) in [4.78, 5) is 24.6. The molecule has 0 saturated heterocycles. The minimum atomic E-state index is -1.14. The number of Topliss-reactive ketones (excluding diaryl/α,β-unsaturated/α-hetero) is 1. The second-order valence-corrected chi connectivity index (χ2v) is 8.12. The maximum absolute atomic E-state index is 12.5. The topological polar surface area (TPSA) is 63.6 Å². The number of ether oxygens (including phenoxy) is 1. The summed E-state index contributed by atoms with van der Waals surface area (Å²) in [5, 5.41) is 11.3. The molecule has 24 heavy (non-hydrogen) atoms. The Morgan fingerprint density at radius 2 is 1.92 bits per heavy atom. The van der Waals surface area contributed by atoms with Crippen LogP contribution in [0.25, 0.3) is 0 Å². The van der Waals surface area contributed by atoms with Crippen LogP contribution in [-0.4, -0.2) is 28.6 Å². The van der Waals surface area contributed by atoms with Gasteiger partial charge in [0.05, 0.1) is 0 Å². The van der Waals surface area contributed by atoms with E-state index in [4.69, 9.17) is 4.74 Å². The molecule has 0 aliphatic heterocycles. The monoisotopic (exact) mass is 334 g/mol. The maximum Gasteiger partial charge on any atom is 0.333 e. The van der Waals surface area contributed by atoms with Crippen LogP contribution in [0, 0.1) is 11.3 Å². The van der Waals surface area contributed by atoms with Crippen LogP contribution in [0.5, 0.6) is 0 Å². The highest BCUT2D eigenvalue weighted by Crippen LogP contribution is 2.55. The number of rotatable bonds is 2. The van der Waals surface area contributed by atoms with Crippen molar-refractivity contribution in [1.82, 2.24) is 0 Å². The molecule has 0 heterocycles. The fraction of sp³-hybridized carbons (Fsp3) is 0.700. The molecule has 1 N–H and O–H groups in total. The van der Waals surface area contributed by atoms with Gasteiger partial charge < -0.3 is 9.84 Å². The Morgan fingerprint density at radius 3 is 2.46 bits per heavy atom. The van der Waals surface area contributed by atoms with Crippen molar-refractivity contribution in [3.05, 3.63) is 22.8 Å². The van der Waals surface area contributed by atoms with Crippen molar-refractivity contribution < 1.29 is 19.4 Å². The molecule has 0 aromatic carbocycles. The maximum atomic E-state index is 12.5. The van der Waals surface area contributed by atoms with Crippen LogP contribution >= 0.6 is 0 Å². The molecule has 0 amide bonds. The lowest BCUT2D eigenvalue weighted by atomic mass is 9.53. The second kappa shape index (κ2) is 6.47. The van der Waals surface area contributed by atoms with Gasteiger partial charge in [0.25, 0.3) is 0 Å². The lowest BCUT2D eigenvalue weighted by molar-refractivity contribution is -0.197. The normalized spacial score (nSPS) is 37.0. The quantitative estimate of drug-likeness (QED) is 0.617. The standard InChI is InChI=1S/C20H30O4/c1-7-13(4)18(22)24-17-8-9-19(5)11-15(21)14(12(2)3)10-16(19)20(17,6)23/h7,16-17,23H,8-11H2,1-6H3/b13-7+/t16-,17+,19-,20-/m0/s1. The van der Waals surface area contributed by atoms with Crippen LogP contribution in [-0.2, 0) is 14.3 Å². The molecule has 0 spiro atoms. The van der Waals surface area contributed by atoms with E-state index in [1.165, 1.54) is 0 Å². The average molecular weight is 334 g/mol. The molecule has 4 atom stereocenters. The SMILES string of the molecule is C/C=C(\C)C(=O)O[C@@H]1CC[C@@]2(C)CC(=O)C(=C(C)C)C[C@@H]2[C@]1(C)O. The van der Waals surface area contributed by atoms with E-state index in [2.05, 4.69) is 6.92 Å². The molecule has 2 aliphatic carbocycles. The smallest absolute Gasteiger partial charge is 0.333 e. The van der Waals surface area contributed by atoms with E-state index in [1.54, 1.807) is 26.8 Å². The molecule has 4 heteroatoms. The Hall–Kier alpha value is -1.42. The van der Waals surface area contributed by atoms with E-state index in [0.29, 0.717) is 24.8 Å². The van der Waals surface area contributed by atoms with Crippen LogP contribution in [0.4, 0.5) is 0 Å². The Balaban J connectivity index is 2.31. The van der Waals surface area contributed by atoms with Gasteiger partial charge in [-0.3, -0.25) is 4.79 Å². The zero-order valence-corrected chi connectivity index (χ0v) is 15.7. The highest BCUT2D eigenvalue weighted by atomic mass is 16.6. The lowest BCUT2D eigenvalue weighted by Crippen LogP contribution is -2.59. The summed E-state index contributed by atoms with van der Waals surface area (Å²) in [6, 6.07) is 0. The zero-order chi connectivity index (χ0) is 18.3. The number of allylic oxidation sites excluding steroid dienone is 3. The third-order valence-electron chi connectivity index (χ3n) is 6.09. The molecule has 0 radical (unpaired) electrons. The van der Waals surface area contributed by atoms with Crippen LogP contribution < -0.4 is 0 Å². The molecule has 0 aromatic rings. The zero-order valence-electron chi connectivity index (χ0n) is 15.7. The Morgan fingerprint density at radius 1 is 1.29 bits per heavy atom. The third-order valence-corrected chi connectivity index (χ3v) is 6.09. The number of esters is 1. The summed E-state index contributed by atoms with van der Waals surface area (Å²) in [6.45, 7) is 11.2. The van der Waals surface area contributed by atoms with Crippen molar-refractivity contribution in [3.8, 4) is 0 Å². The van der Waals surface area contributed by atoms with Crippen molar-refractivity contribution >= 4 is 11.8 Å². The number of aliphatic hydroxyl groups is 1.